The van der Waals surface area contributed by atoms with E-state index in [0.717, 1.165) is 29.7 Å². The maximum absolute atomic E-state index is 13.8. The molecular formula is C19H21FN4. The van der Waals surface area contributed by atoms with E-state index in [1.807, 2.05) is 24.3 Å². The highest BCUT2D eigenvalue weighted by molar-refractivity contribution is 5.93. The molecule has 4 nitrogen and oxygen atoms in total. The molecule has 0 aromatic heterocycles. The Kier molecular flexibility index (Phi) is 5.91. The van der Waals surface area contributed by atoms with Gasteiger partial charge >= 0.3 is 0 Å². The number of nitrogens with two attached hydrogens (primary N) is 1. The van der Waals surface area contributed by atoms with E-state index in [-0.39, 0.29) is 12.5 Å². The standard InChI is InChI=1S/C19H21FN4/c1-3-14-6-5-7-15(4-2)18(14)24-19(22)23-12-16-10-13(11-21)8-9-17(16)20/h5-10H,3-4,12H2,1-2H3,(H3,22,23,24). The number of guanidine groups is 1. The molecule has 0 aliphatic heterocycles. The second kappa shape index (κ2) is 8.11. The van der Waals surface area contributed by atoms with Gasteiger partial charge in [0, 0.05) is 11.3 Å². The van der Waals surface area contributed by atoms with Gasteiger partial charge in [-0.05, 0) is 42.2 Å². The van der Waals surface area contributed by atoms with Crippen molar-refractivity contribution >= 4 is 11.6 Å². The molecule has 0 spiro atoms. The molecule has 5 heteroatoms. The zero-order chi connectivity index (χ0) is 17.5. The number of nitrogens with zero attached hydrogens (tertiary/aromatic N) is 2. The minimum atomic E-state index is -0.395. The third-order valence-electron chi connectivity index (χ3n) is 3.85. The molecule has 0 heterocycles. The molecule has 0 aliphatic rings. The van der Waals surface area contributed by atoms with Crippen molar-refractivity contribution in [1.29, 1.82) is 5.26 Å². The molecule has 24 heavy (non-hydrogen) atoms. The molecule has 0 bridgehead atoms. The Morgan fingerprint density at radius 3 is 2.42 bits per heavy atom. The normalized spacial score (nSPS) is 11.2. The number of aryl methyl sites for hydroxylation is 2. The third kappa shape index (κ3) is 4.11. The Morgan fingerprint density at radius 1 is 1.17 bits per heavy atom. The van der Waals surface area contributed by atoms with Crippen molar-refractivity contribution in [3.63, 3.8) is 0 Å². The van der Waals surface area contributed by atoms with Crippen LogP contribution in [0, 0.1) is 17.1 Å². The van der Waals surface area contributed by atoms with Crippen LogP contribution in [-0.4, -0.2) is 5.96 Å². The summed E-state index contributed by atoms with van der Waals surface area (Å²) in [4.78, 5) is 4.21. The van der Waals surface area contributed by atoms with Crippen molar-refractivity contribution in [3.8, 4) is 6.07 Å². The maximum atomic E-state index is 13.8. The minimum absolute atomic E-state index is 0.0793. The van der Waals surface area contributed by atoms with Crippen molar-refractivity contribution in [2.24, 2.45) is 10.7 Å². The average molecular weight is 324 g/mol. The SMILES string of the molecule is CCc1cccc(CC)c1NC(N)=NCc1cc(C#N)ccc1F. The smallest absolute Gasteiger partial charge is 0.193 e. The first-order valence-corrected chi connectivity index (χ1v) is 7.95. The van der Waals surface area contributed by atoms with Gasteiger partial charge in [-0.1, -0.05) is 32.0 Å². The van der Waals surface area contributed by atoms with E-state index in [9.17, 15) is 4.39 Å². The first-order chi connectivity index (χ1) is 11.6. The number of hydrogen-bond acceptors (Lipinski definition) is 2. The van der Waals surface area contributed by atoms with Crippen LogP contribution in [0.4, 0.5) is 10.1 Å². The number of rotatable bonds is 5. The molecule has 124 valence electrons. The van der Waals surface area contributed by atoms with Gasteiger partial charge in [-0.25, -0.2) is 9.38 Å². The zero-order valence-corrected chi connectivity index (χ0v) is 13.9. The van der Waals surface area contributed by atoms with E-state index in [4.69, 9.17) is 11.0 Å². The van der Waals surface area contributed by atoms with E-state index in [0.29, 0.717) is 11.1 Å². The lowest BCUT2D eigenvalue weighted by Gasteiger charge is -2.14. The highest BCUT2D eigenvalue weighted by Gasteiger charge is 2.08. The molecule has 0 unspecified atom stereocenters. The highest BCUT2D eigenvalue weighted by Crippen LogP contribution is 2.22. The van der Waals surface area contributed by atoms with Gasteiger partial charge in [0.25, 0.3) is 0 Å². The third-order valence-corrected chi connectivity index (χ3v) is 3.85. The molecule has 2 aromatic carbocycles. The molecule has 2 rings (SSSR count). The summed E-state index contributed by atoms with van der Waals surface area (Å²) in [5.41, 5.74) is 10.0. The first-order valence-electron chi connectivity index (χ1n) is 7.95. The van der Waals surface area contributed by atoms with Gasteiger partial charge in [0.1, 0.15) is 5.82 Å². The number of benzene rings is 2. The lowest BCUT2D eigenvalue weighted by atomic mass is 10.0. The minimum Gasteiger partial charge on any atom is -0.370 e. The fourth-order valence-electron chi connectivity index (χ4n) is 2.51. The van der Waals surface area contributed by atoms with Crippen LogP contribution in [0.15, 0.2) is 41.4 Å². The van der Waals surface area contributed by atoms with Crippen LogP contribution in [0.5, 0.6) is 0 Å². The van der Waals surface area contributed by atoms with Crippen molar-refractivity contribution < 1.29 is 4.39 Å². The lowest BCUT2D eigenvalue weighted by Crippen LogP contribution is -2.24. The predicted molar refractivity (Wildman–Crippen MR) is 95.3 cm³/mol. The topological polar surface area (TPSA) is 74.2 Å². The molecule has 0 saturated carbocycles. The monoisotopic (exact) mass is 324 g/mol. The largest absolute Gasteiger partial charge is 0.370 e. The highest BCUT2D eigenvalue weighted by atomic mass is 19.1. The van der Waals surface area contributed by atoms with Crippen LogP contribution in [0.1, 0.15) is 36.1 Å². The van der Waals surface area contributed by atoms with Crippen LogP contribution in [0.2, 0.25) is 0 Å². The fourth-order valence-corrected chi connectivity index (χ4v) is 2.51. The lowest BCUT2D eigenvalue weighted by molar-refractivity contribution is 0.610. The number of aliphatic imine (C=N–C) groups is 1. The fraction of sp³-hybridized carbons (Fsp3) is 0.263. The summed E-state index contributed by atoms with van der Waals surface area (Å²) in [6.07, 6.45) is 1.75. The second-order valence-corrected chi connectivity index (χ2v) is 5.40. The van der Waals surface area contributed by atoms with Crippen molar-refractivity contribution in [2.45, 2.75) is 33.2 Å². The molecule has 0 fully saturated rings. The van der Waals surface area contributed by atoms with E-state index in [2.05, 4.69) is 24.2 Å². The number of halogens is 1. The Balaban J connectivity index is 2.20. The second-order valence-electron chi connectivity index (χ2n) is 5.40. The van der Waals surface area contributed by atoms with Crippen molar-refractivity contribution in [3.05, 3.63) is 64.5 Å². The van der Waals surface area contributed by atoms with Crippen molar-refractivity contribution in [1.82, 2.24) is 0 Å². The molecular weight excluding hydrogens is 303 g/mol. The number of nitrogens with one attached hydrogen (secondary N) is 1. The maximum Gasteiger partial charge on any atom is 0.193 e. The molecule has 0 saturated heterocycles. The van der Waals surface area contributed by atoms with Crippen LogP contribution in [0.25, 0.3) is 0 Å². The number of nitriles is 1. The van der Waals surface area contributed by atoms with Gasteiger partial charge in [0.05, 0.1) is 18.2 Å². The van der Waals surface area contributed by atoms with Gasteiger partial charge in [-0.2, -0.15) is 5.26 Å². The zero-order valence-electron chi connectivity index (χ0n) is 13.9. The molecule has 3 N–H and O–H groups in total. The number of para-hydroxylation sites is 1. The van der Waals surface area contributed by atoms with E-state index in [1.54, 1.807) is 0 Å². The quantitative estimate of drug-likeness (QED) is 0.650. The van der Waals surface area contributed by atoms with Gasteiger partial charge in [0.2, 0.25) is 0 Å². The summed E-state index contributed by atoms with van der Waals surface area (Å²) in [6.45, 7) is 4.24. The van der Waals surface area contributed by atoms with E-state index >= 15 is 0 Å². The summed E-state index contributed by atoms with van der Waals surface area (Å²) < 4.78 is 13.8. The van der Waals surface area contributed by atoms with Crippen molar-refractivity contribution in [2.75, 3.05) is 5.32 Å². The summed E-state index contributed by atoms with van der Waals surface area (Å²) in [6, 6.07) is 12.3. The number of hydrogen-bond donors (Lipinski definition) is 2. The Morgan fingerprint density at radius 2 is 1.83 bits per heavy atom. The van der Waals surface area contributed by atoms with Gasteiger partial charge in [0.15, 0.2) is 5.96 Å². The average Bonchev–Trinajstić information content (AvgIpc) is 2.61. The molecule has 2 aromatic rings. The van der Waals surface area contributed by atoms with Crippen LogP contribution < -0.4 is 11.1 Å². The van der Waals surface area contributed by atoms with Crippen LogP contribution in [0.3, 0.4) is 0 Å². The predicted octanol–water partition coefficient (Wildman–Crippen LogP) is 3.75. The van der Waals surface area contributed by atoms with Gasteiger partial charge in [-0.15, -0.1) is 0 Å². The molecule has 0 atom stereocenters. The Labute approximate surface area is 141 Å². The number of anilines is 1. The van der Waals surface area contributed by atoms with Gasteiger partial charge in [-0.3, -0.25) is 0 Å². The Hall–Kier alpha value is -2.87. The summed E-state index contributed by atoms with van der Waals surface area (Å²) in [5.74, 6) is -0.166. The van der Waals surface area contributed by atoms with E-state index in [1.165, 1.54) is 18.2 Å². The molecule has 0 radical (unpaired) electrons. The first kappa shape index (κ1) is 17.5. The Bertz CT molecular complexity index is 768. The summed E-state index contributed by atoms with van der Waals surface area (Å²) >= 11 is 0. The van der Waals surface area contributed by atoms with E-state index < -0.39 is 5.82 Å². The van der Waals surface area contributed by atoms with Gasteiger partial charge < -0.3 is 11.1 Å². The molecule has 0 aliphatic carbocycles. The molecule has 0 amide bonds. The van der Waals surface area contributed by atoms with Crippen LogP contribution in [-0.2, 0) is 19.4 Å². The van der Waals surface area contributed by atoms with Crippen LogP contribution >= 0.6 is 0 Å². The summed E-state index contributed by atoms with van der Waals surface area (Å²) in [7, 11) is 0. The summed E-state index contributed by atoms with van der Waals surface area (Å²) in [5, 5.41) is 12.0.